The zero-order valence-electron chi connectivity index (χ0n) is 9.78. The molecule has 0 aliphatic carbocycles. The van der Waals surface area contributed by atoms with Crippen molar-refractivity contribution in [3.05, 3.63) is 23.8 Å². The first kappa shape index (κ1) is 11.2. The van der Waals surface area contributed by atoms with Crippen LogP contribution in [0.15, 0.2) is 18.2 Å². The van der Waals surface area contributed by atoms with Gasteiger partial charge in [0.2, 0.25) is 0 Å². The third-order valence-electron chi connectivity index (χ3n) is 2.74. The maximum Gasteiger partial charge on any atom is 0.195 e. The standard InChI is InChI=1S/C12H16O4/c1-12(15-6-7-16-12)10-5-4-9(13-2)8-11(10)14-3/h4-5,8H,6-7H2,1-3H3. The second kappa shape index (κ2) is 4.31. The average molecular weight is 224 g/mol. The third-order valence-corrected chi connectivity index (χ3v) is 2.74. The minimum absolute atomic E-state index is 0.603. The summed E-state index contributed by atoms with van der Waals surface area (Å²) < 4.78 is 21.7. The van der Waals surface area contributed by atoms with Crippen molar-refractivity contribution in [2.24, 2.45) is 0 Å². The maximum atomic E-state index is 5.60. The summed E-state index contributed by atoms with van der Waals surface area (Å²) in [5.41, 5.74) is 0.883. The zero-order valence-corrected chi connectivity index (χ0v) is 9.78. The van der Waals surface area contributed by atoms with E-state index in [1.165, 1.54) is 0 Å². The average Bonchev–Trinajstić information content (AvgIpc) is 2.76. The minimum Gasteiger partial charge on any atom is -0.497 e. The van der Waals surface area contributed by atoms with Crippen molar-refractivity contribution >= 4 is 0 Å². The first-order valence-electron chi connectivity index (χ1n) is 5.20. The van der Waals surface area contributed by atoms with Gasteiger partial charge in [-0.3, -0.25) is 0 Å². The Morgan fingerprint density at radius 2 is 1.81 bits per heavy atom. The van der Waals surface area contributed by atoms with Crippen molar-refractivity contribution in [3.63, 3.8) is 0 Å². The quantitative estimate of drug-likeness (QED) is 0.786. The summed E-state index contributed by atoms with van der Waals surface area (Å²) in [6, 6.07) is 5.60. The molecule has 4 nitrogen and oxygen atoms in total. The molecular weight excluding hydrogens is 208 g/mol. The molecule has 2 rings (SSSR count). The van der Waals surface area contributed by atoms with Crippen LogP contribution < -0.4 is 9.47 Å². The summed E-state index contributed by atoms with van der Waals surface area (Å²) in [5.74, 6) is 0.753. The minimum atomic E-state index is -0.711. The second-order valence-electron chi connectivity index (χ2n) is 3.71. The molecule has 0 amide bonds. The summed E-state index contributed by atoms with van der Waals surface area (Å²) in [7, 11) is 3.25. The number of hydrogen-bond donors (Lipinski definition) is 0. The molecule has 0 spiro atoms. The van der Waals surface area contributed by atoms with Gasteiger partial charge in [-0.1, -0.05) is 0 Å². The van der Waals surface area contributed by atoms with Gasteiger partial charge in [0.15, 0.2) is 5.79 Å². The molecule has 1 aromatic rings. The van der Waals surface area contributed by atoms with Gasteiger partial charge >= 0.3 is 0 Å². The van der Waals surface area contributed by atoms with Gasteiger partial charge in [0.1, 0.15) is 11.5 Å². The van der Waals surface area contributed by atoms with Gasteiger partial charge in [-0.15, -0.1) is 0 Å². The van der Waals surface area contributed by atoms with Gasteiger partial charge in [0.05, 0.1) is 33.0 Å². The van der Waals surface area contributed by atoms with Crippen LogP contribution >= 0.6 is 0 Å². The number of ether oxygens (including phenoxy) is 4. The first-order chi connectivity index (χ1) is 7.69. The largest absolute Gasteiger partial charge is 0.497 e. The highest BCUT2D eigenvalue weighted by Crippen LogP contribution is 2.38. The molecule has 1 aliphatic heterocycles. The Bertz CT molecular complexity index is 369. The van der Waals surface area contributed by atoms with Crippen LogP contribution in [0.25, 0.3) is 0 Å². The molecule has 1 aliphatic rings. The third kappa shape index (κ3) is 1.86. The van der Waals surface area contributed by atoms with E-state index in [-0.39, 0.29) is 0 Å². The summed E-state index contributed by atoms with van der Waals surface area (Å²) >= 11 is 0. The van der Waals surface area contributed by atoms with E-state index in [0.29, 0.717) is 19.0 Å². The van der Waals surface area contributed by atoms with Gasteiger partial charge in [0.25, 0.3) is 0 Å². The molecule has 0 atom stereocenters. The van der Waals surface area contributed by atoms with E-state index in [4.69, 9.17) is 18.9 Å². The van der Waals surface area contributed by atoms with E-state index in [1.54, 1.807) is 14.2 Å². The van der Waals surface area contributed by atoms with Crippen LogP contribution in [-0.2, 0) is 15.3 Å². The summed E-state index contributed by atoms with van der Waals surface area (Å²) in [6.45, 7) is 3.10. The Morgan fingerprint density at radius 1 is 1.12 bits per heavy atom. The van der Waals surface area contributed by atoms with Gasteiger partial charge < -0.3 is 18.9 Å². The number of methoxy groups -OCH3 is 2. The van der Waals surface area contributed by atoms with Crippen molar-refractivity contribution in [3.8, 4) is 11.5 Å². The maximum absolute atomic E-state index is 5.60. The van der Waals surface area contributed by atoms with Gasteiger partial charge in [0, 0.05) is 6.07 Å². The molecule has 1 saturated heterocycles. The van der Waals surface area contributed by atoms with Crippen LogP contribution in [-0.4, -0.2) is 27.4 Å². The van der Waals surface area contributed by atoms with E-state index in [0.717, 1.165) is 11.3 Å². The smallest absolute Gasteiger partial charge is 0.195 e. The molecule has 0 radical (unpaired) electrons. The molecule has 0 saturated carbocycles. The summed E-state index contributed by atoms with van der Waals surface area (Å²) in [4.78, 5) is 0. The van der Waals surface area contributed by atoms with E-state index < -0.39 is 5.79 Å². The predicted octanol–water partition coefficient (Wildman–Crippen LogP) is 1.92. The molecule has 0 bridgehead atoms. The fraction of sp³-hybridized carbons (Fsp3) is 0.500. The molecule has 1 heterocycles. The number of rotatable bonds is 3. The Hall–Kier alpha value is -1.26. The molecule has 0 aromatic heterocycles. The van der Waals surface area contributed by atoms with E-state index in [2.05, 4.69) is 0 Å². The van der Waals surface area contributed by atoms with Crippen LogP contribution in [0.3, 0.4) is 0 Å². The number of benzene rings is 1. The van der Waals surface area contributed by atoms with Crippen molar-refractivity contribution in [1.82, 2.24) is 0 Å². The Morgan fingerprint density at radius 3 is 2.38 bits per heavy atom. The summed E-state index contributed by atoms with van der Waals surface area (Å²) in [6.07, 6.45) is 0. The molecule has 0 N–H and O–H groups in total. The van der Waals surface area contributed by atoms with Crippen LogP contribution in [0.2, 0.25) is 0 Å². The van der Waals surface area contributed by atoms with E-state index in [1.807, 2.05) is 25.1 Å². The lowest BCUT2D eigenvalue weighted by Gasteiger charge is -2.24. The lowest BCUT2D eigenvalue weighted by Crippen LogP contribution is -2.23. The van der Waals surface area contributed by atoms with Crippen LogP contribution in [0.1, 0.15) is 12.5 Å². The zero-order chi connectivity index (χ0) is 11.6. The Labute approximate surface area is 95.1 Å². The number of hydrogen-bond acceptors (Lipinski definition) is 4. The molecular formula is C12H16O4. The normalized spacial score (nSPS) is 18.4. The molecule has 16 heavy (non-hydrogen) atoms. The van der Waals surface area contributed by atoms with Gasteiger partial charge in [-0.2, -0.15) is 0 Å². The van der Waals surface area contributed by atoms with Crippen molar-refractivity contribution < 1.29 is 18.9 Å². The first-order valence-corrected chi connectivity index (χ1v) is 5.20. The highest BCUT2D eigenvalue weighted by molar-refractivity contribution is 5.43. The van der Waals surface area contributed by atoms with Crippen LogP contribution in [0, 0.1) is 0 Å². The monoisotopic (exact) mass is 224 g/mol. The topological polar surface area (TPSA) is 36.9 Å². The van der Waals surface area contributed by atoms with Crippen molar-refractivity contribution in [2.75, 3.05) is 27.4 Å². The van der Waals surface area contributed by atoms with Crippen molar-refractivity contribution in [1.29, 1.82) is 0 Å². The molecule has 88 valence electrons. The molecule has 4 heteroatoms. The molecule has 0 unspecified atom stereocenters. The van der Waals surface area contributed by atoms with E-state index in [9.17, 15) is 0 Å². The highest BCUT2D eigenvalue weighted by atomic mass is 16.7. The molecule has 1 fully saturated rings. The lowest BCUT2D eigenvalue weighted by molar-refractivity contribution is -0.150. The van der Waals surface area contributed by atoms with Gasteiger partial charge in [-0.25, -0.2) is 0 Å². The highest BCUT2D eigenvalue weighted by Gasteiger charge is 2.35. The Balaban J connectivity index is 2.39. The van der Waals surface area contributed by atoms with Crippen molar-refractivity contribution in [2.45, 2.75) is 12.7 Å². The lowest BCUT2D eigenvalue weighted by atomic mass is 10.1. The van der Waals surface area contributed by atoms with Crippen LogP contribution in [0.4, 0.5) is 0 Å². The second-order valence-corrected chi connectivity index (χ2v) is 3.71. The fourth-order valence-corrected chi connectivity index (χ4v) is 1.84. The SMILES string of the molecule is COc1ccc(C2(C)OCCO2)c(OC)c1. The van der Waals surface area contributed by atoms with E-state index >= 15 is 0 Å². The summed E-state index contributed by atoms with van der Waals surface area (Å²) in [5, 5.41) is 0. The Kier molecular flexibility index (Phi) is 3.03. The van der Waals surface area contributed by atoms with Crippen LogP contribution in [0.5, 0.6) is 11.5 Å². The predicted molar refractivity (Wildman–Crippen MR) is 58.8 cm³/mol. The molecule has 1 aromatic carbocycles. The fourth-order valence-electron chi connectivity index (χ4n) is 1.84. The van der Waals surface area contributed by atoms with Gasteiger partial charge in [-0.05, 0) is 19.1 Å².